The van der Waals surface area contributed by atoms with E-state index in [9.17, 15) is 32.7 Å². The Morgan fingerprint density at radius 1 is 1.02 bits per heavy atom. The summed E-state index contributed by atoms with van der Waals surface area (Å²) in [5.74, 6) is -3.13. The number of carboxylic acid groups (broad SMARTS) is 2. The predicted molar refractivity (Wildman–Crippen MR) is 159 cm³/mol. The number of nitrogens with one attached hydrogen (secondary N) is 1. The normalized spacial score (nSPS) is 12.3. The van der Waals surface area contributed by atoms with E-state index in [1.165, 1.54) is 4.90 Å². The number of nitrogens with zero attached hydrogens (tertiary/aromatic N) is 1. The number of carboxylic acids is 2. The first-order chi connectivity index (χ1) is 19.7. The van der Waals surface area contributed by atoms with E-state index >= 15 is 0 Å². The summed E-state index contributed by atoms with van der Waals surface area (Å²) in [7, 11) is -4.25. The summed E-state index contributed by atoms with van der Waals surface area (Å²) in [6.07, 6.45) is 0.210. The van der Waals surface area contributed by atoms with Gasteiger partial charge in [0, 0.05) is 23.4 Å². The number of aliphatic carboxylic acids is 2. The Bertz CT molecular complexity index is 1350. The minimum Gasteiger partial charge on any atom is -0.481 e. The van der Waals surface area contributed by atoms with Crippen molar-refractivity contribution in [2.45, 2.75) is 83.5 Å². The highest BCUT2D eigenvalue weighted by molar-refractivity contribution is 7.92. The van der Waals surface area contributed by atoms with Gasteiger partial charge in [0.1, 0.15) is 10.3 Å². The molecule has 232 valence electrons. The number of ether oxygens (including phenoxy) is 1. The number of rotatable bonds is 16. The third-order valence-electron chi connectivity index (χ3n) is 6.26. The number of carbonyl (C=O) groups excluding carboxylic acids is 2. The Morgan fingerprint density at radius 3 is 2.19 bits per heavy atom. The maximum atomic E-state index is 13.2. The summed E-state index contributed by atoms with van der Waals surface area (Å²) >= 11 is 1.07. The molecule has 13 heteroatoms. The fraction of sp³-hybridized carbons (Fsp3) is 0.517. The molecule has 1 aromatic carbocycles. The molecule has 11 nitrogen and oxygen atoms in total. The molecule has 0 radical (unpaired) electrons. The molecule has 0 spiro atoms. The summed E-state index contributed by atoms with van der Waals surface area (Å²) in [4.78, 5) is 50.1. The first kappa shape index (κ1) is 34.7. The molecule has 2 aromatic rings. The van der Waals surface area contributed by atoms with Gasteiger partial charge >= 0.3 is 18.0 Å². The fourth-order valence-electron chi connectivity index (χ4n) is 4.29. The second kappa shape index (κ2) is 15.7. The number of benzene rings is 1. The molecule has 2 amide bonds. The standard InChI is InChI=1S/C29H40N2O9S2/c1-6-7-14-40-29(37)30-42(38,39)28-23(16-22(41-28)15-18(2)3)21-10-8-20(9-11-21)17-31(24(32)12-13-25(33)34)26(19(4)5)27(35)36/h8-11,16,18-19,26H,6-7,12-15,17H2,1-5H3,(H,30,37)(H,33,34)(H,35,36). The zero-order valence-electron chi connectivity index (χ0n) is 24.6. The van der Waals surface area contributed by atoms with Gasteiger partial charge in [-0.25, -0.2) is 22.7 Å². The first-order valence-electron chi connectivity index (χ1n) is 13.8. The maximum Gasteiger partial charge on any atom is 0.421 e. The second-order valence-corrected chi connectivity index (χ2v) is 13.8. The van der Waals surface area contributed by atoms with Crippen LogP contribution in [0.15, 0.2) is 34.5 Å². The fourth-order valence-corrected chi connectivity index (χ4v) is 7.13. The van der Waals surface area contributed by atoms with Crippen LogP contribution in [-0.2, 0) is 42.1 Å². The van der Waals surface area contributed by atoms with Crippen LogP contribution in [0.3, 0.4) is 0 Å². The number of hydrogen-bond acceptors (Lipinski definition) is 8. The summed E-state index contributed by atoms with van der Waals surface area (Å²) in [5.41, 5.74) is 1.53. The highest BCUT2D eigenvalue weighted by Gasteiger charge is 2.32. The molecule has 1 aromatic heterocycles. The van der Waals surface area contributed by atoms with Gasteiger partial charge in [-0.1, -0.05) is 65.3 Å². The SMILES string of the molecule is CCCCOC(=O)NS(=O)(=O)c1sc(CC(C)C)cc1-c1ccc(CN(C(=O)CCC(=O)O)C(C(=O)O)C(C)C)cc1. The molecular weight excluding hydrogens is 584 g/mol. The van der Waals surface area contributed by atoms with Gasteiger partial charge in [-0.15, -0.1) is 11.3 Å². The van der Waals surface area contributed by atoms with Crippen LogP contribution in [-0.4, -0.2) is 60.1 Å². The van der Waals surface area contributed by atoms with E-state index < -0.39 is 52.3 Å². The van der Waals surface area contributed by atoms with E-state index in [1.54, 1.807) is 44.2 Å². The average molecular weight is 625 g/mol. The Hall–Kier alpha value is -3.45. The Morgan fingerprint density at radius 2 is 1.67 bits per heavy atom. The maximum absolute atomic E-state index is 13.2. The smallest absolute Gasteiger partial charge is 0.421 e. The minimum atomic E-state index is -4.25. The van der Waals surface area contributed by atoms with E-state index in [0.717, 1.165) is 22.6 Å². The van der Waals surface area contributed by atoms with Gasteiger partial charge in [-0.3, -0.25) is 9.59 Å². The number of carbonyl (C=O) groups is 4. The molecule has 1 atom stereocenters. The highest BCUT2D eigenvalue weighted by Crippen LogP contribution is 2.36. The zero-order valence-corrected chi connectivity index (χ0v) is 26.2. The van der Waals surface area contributed by atoms with Gasteiger partial charge in [-0.05, 0) is 41.9 Å². The molecule has 0 bridgehead atoms. The van der Waals surface area contributed by atoms with Crippen molar-refractivity contribution in [3.63, 3.8) is 0 Å². The molecule has 0 saturated heterocycles. The molecule has 2 rings (SSSR count). The van der Waals surface area contributed by atoms with Gasteiger partial charge in [0.15, 0.2) is 0 Å². The zero-order chi connectivity index (χ0) is 31.6. The number of sulfonamides is 1. The molecule has 0 aliphatic rings. The van der Waals surface area contributed by atoms with Crippen molar-refractivity contribution in [2.24, 2.45) is 11.8 Å². The highest BCUT2D eigenvalue weighted by atomic mass is 32.2. The van der Waals surface area contributed by atoms with Crippen LogP contribution >= 0.6 is 11.3 Å². The predicted octanol–water partition coefficient (Wildman–Crippen LogP) is 5.13. The van der Waals surface area contributed by atoms with Crippen molar-refractivity contribution >= 4 is 45.3 Å². The Kier molecular flexibility index (Phi) is 13.0. The van der Waals surface area contributed by atoms with Crippen LogP contribution in [0.25, 0.3) is 11.1 Å². The van der Waals surface area contributed by atoms with Gasteiger partial charge in [0.05, 0.1) is 13.0 Å². The lowest BCUT2D eigenvalue weighted by molar-refractivity contribution is -0.153. The topological polar surface area (TPSA) is 167 Å². The molecule has 3 N–H and O–H groups in total. The third-order valence-corrected chi connectivity index (χ3v) is 9.27. The lowest BCUT2D eigenvalue weighted by Crippen LogP contribution is -2.47. The number of amides is 2. The van der Waals surface area contributed by atoms with Crippen LogP contribution in [0.4, 0.5) is 4.79 Å². The lowest BCUT2D eigenvalue weighted by atomic mass is 10.00. The summed E-state index contributed by atoms with van der Waals surface area (Å²) in [6.45, 7) is 9.30. The second-order valence-electron chi connectivity index (χ2n) is 10.7. The number of unbranched alkanes of at least 4 members (excludes halogenated alkanes) is 1. The molecular formula is C29H40N2O9S2. The largest absolute Gasteiger partial charge is 0.481 e. The summed E-state index contributed by atoms with van der Waals surface area (Å²) < 4.78 is 33.4. The van der Waals surface area contributed by atoms with E-state index in [1.807, 2.05) is 25.5 Å². The van der Waals surface area contributed by atoms with Crippen molar-refractivity contribution in [1.82, 2.24) is 9.62 Å². The van der Waals surface area contributed by atoms with Crippen LogP contribution in [0.5, 0.6) is 0 Å². The van der Waals surface area contributed by atoms with E-state index in [2.05, 4.69) is 0 Å². The molecule has 0 fully saturated rings. The van der Waals surface area contributed by atoms with Crippen molar-refractivity contribution in [1.29, 1.82) is 0 Å². The van der Waals surface area contributed by atoms with Crippen LogP contribution < -0.4 is 4.72 Å². The summed E-state index contributed by atoms with van der Waals surface area (Å²) in [5, 5.41) is 18.8. The van der Waals surface area contributed by atoms with Crippen molar-refractivity contribution in [3.8, 4) is 11.1 Å². The Balaban J connectivity index is 2.42. The van der Waals surface area contributed by atoms with Crippen LogP contribution in [0, 0.1) is 11.8 Å². The van der Waals surface area contributed by atoms with E-state index in [-0.39, 0.29) is 29.7 Å². The van der Waals surface area contributed by atoms with E-state index in [0.29, 0.717) is 29.5 Å². The molecule has 0 aliphatic carbocycles. The lowest BCUT2D eigenvalue weighted by Gasteiger charge is -2.31. The summed E-state index contributed by atoms with van der Waals surface area (Å²) in [6, 6.07) is 7.27. The van der Waals surface area contributed by atoms with Crippen molar-refractivity contribution in [3.05, 3.63) is 40.8 Å². The Labute approximate surface area is 250 Å². The van der Waals surface area contributed by atoms with Crippen LogP contribution in [0.2, 0.25) is 0 Å². The van der Waals surface area contributed by atoms with Gasteiger partial charge < -0.3 is 19.8 Å². The van der Waals surface area contributed by atoms with Crippen molar-refractivity contribution < 1.29 is 42.5 Å². The molecule has 0 saturated carbocycles. The first-order valence-corrected chi connectivity index (χ1v) is 16.1. The quantitative estimate of drug-likeness (QED) is 0.214. The monoisotopic (exact) mass is 624 g/mol. The number of thiophene rings is 1. The van der Waals surface area contributed by atoms with E-state index in [4.69, 9.17) is 9.84 Å². The molecule has 1 heterocycles. The molecule has 0 aliphatic heterocycles. The van der Waals surface area contributed by atoms with Crippen molar-refractivity contribution in [2.75, 3.05) is 6.61 Å². The molecule has 42 heavy (non-hydrogen) atoms. The van der Waals surface area contributed by atoms with Crippen LogP contribution in [0.1, 0.15) is 70.7 Å². The van der Waals surface area contributed by atoms with Gasteiger partial charge in [0.25, 0.3) is 10.0 Å². The minimum absolute atomic E-state index is 0.0328. The third kappa shape index (κ3) is 10.1. The van der Waals surface area contributed by atoms with Gasteiger partial charge in [-0.2, -0.15) is 0 Å². The average Bonchev–Trinajstić information content (AvgIpc) is 3.31. The number of hydrogen-bond donors (Lipinski definition) is 3. The van der Waals surface area contributed by atoms with Gasteiger partial charge in [0.2, 0.25) is 5.91 Å². The molecule has 1 unspecified atom stereocenters.